The Labute approximate surface area is 144 Å². The van der Waals surface area contributed by atoms with Crippen molar-refractivity contribution in [3.63, 3.8) is 0 Å². The molecule has 24 heavy (non-hydrogen) atoms. The van der Waals surface area contributed by atoms with Crippen LogP contribution in [-0.2, 0) is 0 Å². The minimum Gasteiger partial charge on any atom is -0.493 e. The van der Waals surface area contributed by atoms with Crippen LogP contribution >= 0.6 is 0 Å². The van der Waals surface area contributed by atoms with E-state index in [9.17, 15) is 0 Å². The standard InChI is InChI=1S/C20H26N2O2/c1-15-5-4-6-16(13-15)20(22-11-9-21-10-12-22)17-7-8-18(23-2)19(14-17)24-3/h4-8,13-14,20-21H,9-12H2,1-3H3. The van der Waals surface area contributed by atoms with Crippen LogP contribution in [0.4, 0.5) is 0 Å². The lowest BCUT2D eigenvalue weighted by Gasteiger charge is -2.36. The molecule has 0 aromatic heterocycles. The molecule has 0 amide bonds. The molecule has 2 aromatic carbocycles. The quantitative estimate of drug-likeness (QED) is 0.916. The highest BCUT2D eigenvalue weighted by Crippen LogP contribution is 2.35. The number of methoxy groups -OCH3 is 2. The van der Waals surface area contributed by atoms with Gasteiger partial charge in [0.15, 0.2) is 11.5 Å². The van der Waals surface area contributed by atoms with E-state index in [2.05, 4.69) is 53.5 Å². The zero-order valence-corrected chi connectivity index (χ0v) is 14.7. The van der Waals surface area contributed by atoms with Gasteiger partial charge in [0.2, 0.25) is 0 Å². The molecule has 0 aliphatic carbocycles. The Morgan fingerprint density at radius 2 is 1.62 bits per heavy atom. The monoisotopic (exact) mass is 326 g/mol. The van der Waals surface area contributed by atoms with E-state index in [1.54, 1.807) is 14.2 Å². The van der Waals surface area contributed by atoms with Crippen LogP contribution < -0.4 is 14.8 Å². The third kappa shape index (κ3) is 3.55. The van der Waals surface area contributed by atoms with E-state index in [4.69, 9.17) is 9.47 Å². The lowest BCUT2D eigenvalue weighted by atomic mass is 9.95. The topological polar surface area (TPSA) is 33.7 Å². The van der Waals surface area contributed by atoms with Gasteiger partial charge in [-0.05, 0) is 30.2 Å². The Morgan fingerprint density at radius 1 is 0.917 bits per heavy atom. The molecule has 0 saturated carbocycles. The molecule has 0 bridgehead atoms. The fourth-order valence-electron chi connectivity index (χ4n) is 3.42. The summed E-state index contributed by atoms with van der Waals surface area (Å²) in [6.45, 7) is 6.26. The summed E-state index contributed by atoms with van der Waals surface area (Å²) in [5.41, 5.74) is 3.84. The molecular weight excluding hydrogens is 300 g/mol. The molecular formula is C20H26N2O2. The molecule has 3 rings (SSSR count). The molecule has 1 atom stereocenters. The maximum atomic E-state index is 5.52. The van der Waals surface area contributed by atoms with E-state index in [1.165, 1.54) is 16.7 Å². The highest BCUT2D eigenvalue weighted by atomic mass is 16.5. The predicted molar refractivity (Wildman–Crippen MR) is 97.0 cm³/mol. The van der Waals surface area contributed by atoms with Crippen molar-refractivity contribution in [2.45, 2.75) is 13.0 Å². The van der Waals surface area contributed by atoms with Crippen molar-refractivity contribution in [2.24, 2.45) is 0 Å². The SMILES string of the molecule is COc1ccc(C(c2cccc(C)c2)N2CCNCC2)cc1OC. The predicted octanol–water partition coefficient (Wildman–Crippen LogP) is 3.01. The lowest BCUT2D eigenvalue weighted by molar-refractivity contribution is 0.198. The van der Waals surface area contributed by atoms with E-state index in [-0.39, 0.29) is 6.04 Å². The average Bonchev–Trinajstić information content (AvgIpc) is 2.63. The van der Waals surface area contributed by atoms with Crippen LogP contribution in [-0.4, -0.2) is 45.3 Å². The third-order valence-electron chi connectivity index (χ3n) is 4.60. The average molecular weight is 326 g/mol. The van der Waals surface area contributed by atoms with Gasteiger partial charge < -0.3 is 14.8 Å². The molecule has 4 nitrogen and oxygen atoms in total. The Kier molecular flexibility index (Phi) is 5.38. The van der Waals surface area contributed by atoms with Crippen LogP contribution in [0.3, 0.4) is 0 Å². The van der Waals surface area contributed by atoms with Gasteiger partial charge in [-0.25, -0.2) is 0 Å². The number of hydrogen-bond acceptors (Lipinski definition) is 4. The van der Waals surface area contributed by atoms with Gasteiger partial charge in [-0.1, -0.05) is 35.9 Å². The van der Waals surface area contributed by atoms with Gasteiger partial charge in [0.25, 0.3) is 0 Å². The normalized spacial score (nSPS) is 16.6. The minimum atomic E-state index is 0.229. The highest BCUT2D eigenvalue weighted by Gasteiger charge is 2.25. The molecule has 0 radical (unpaired) electrons. The lowest BCUT2D eigenvalue weighted by Crippen LogP contribution is -2.45. The summed E-state index contributed by atoms with van der Waals surface area (Å²) < 4.78 is 10.9. The second-order valence-corrected chi connectivity index (χ2v) is 6.22. The molecule has 1 unspecified atom stereocenters. The van der Waals surface area contributed by atoms with Gasteiger partial charge in [-0.15, -0.1) is 0 Å². The molecule has 1 N–H and O–H groups in total. The first-order valence-electron chi connectivity index (χ1n) is 8.46. The summed E-state index contributed by atoms with van der Waals surface area (Å²) >= 11 is 0. The zero-order valence-electron chi connectivity index (χ0n) is 14.7. The van der Waals surface area contributed by atoms with E-state index in [1.807, 2.05) is 6.07 Å². The number of rotatable bonds is 5. The van der Waals surface area contributed by atoms with Crippen molar-refractivity contribution in [3.8, 4) is 11.5 Å². The van der Waals surface area contributed by atoms with Crippen molar-refractivity contribution in [3.05, 3.63) is 59.2 Å². The van der Waals surface area contributed by atoms with E-state index >= 15 is 0 Å². The van der Waals surface area contributed by atoms with Gasteiger partial charge in [0.05, 0.1) is 20.3 Å². The van der Waals surface area contributed by atoms with Crippen LogP contribution in [0, 0.1) is 6.92 Å². The fourth-order valence-corrected chi connectivity index (χ4v) is 3.42. The molecule has 1 fully saturated rings. The Hall–Kier alpha value is -2.04. The van der Waals surface area contributed by atoms with Crippen LogP contribution in [0.5, 0.6) is 11.5 Å². The largest absolute Gasteiger partial charge is 0.493 e. The van der Waals surface area contributed by atoms with Gasteiger partial charge >= 0.3 is 0 Å². The minimum absolute atomic E-state index is 0.229. The van der Waals surface area contributed by atoms with E-state index in [0.717, 1.165) is 37.7 Å². The molecule has 4 heteroatoms. The highest BCUT2D eigenvalue weighted by molar-refractivity contribution is 5.46. The number of benzene rings is 2. The summed E-state index contributed by atoms with van der Waals surface area (Å²) in [7, 11) is 3.36. The second-order valence-electron chi connectivity index (χ2n) is 6.22. The number of aryl methyl sites for hydroxylation is 1. The molecule has 1 aliphatic heterocycles. The summed E-state index contributed by atoms with van der Waals surface area (Å²) in [5.74, 6) is 1.55. The molecule has 1 aliphatic rings. The number of piperazine rings is 1. The van der Waals surface area contributed by atoms with Crippen molar-refractivity contribution in [1.82, 2.24) is 10.2 Å². The van der Waals surface area contributed by atoms with Crippen molar-refractivity contribution >= 4 is 0 Å². The van der Waals surface area contributed by atoms with Gasteiger partial charge in [-0.2, -0.15) is 0 Å². The summed E-state index contributed by atoms with van der Waals surface area (Å²) in [5, 5.41) is 3.44. The van der Waals surface area contributed by atoms with Crippen molar-refractivity contribution < 1.29 is 9.47 Å². The molecule has 1 heterocycles. The Morgan fingerprint density at radius 3 is 2.29 bits per heavy atom. The number of hydrogen-bond donors (Lipinski definition) is 1. The Bertz CT molecular complexity index is 681. The first kappa shape index (κ1) is 16.8. The van der Waals surface area contributed by atoms with Gasteiger partial charge in [0.1, 0.15) is 0 Å². The van der Waals surface area contributed by atoms with Crippen LogP contribution in [0.15, 0.2) is 42.5 Å². The number of nitrogens with one attached hydrogen (secondary N) is 1. The summed E-state index contributed by atoms with van der Waals surface area (Å²) in [6.07, 6.45) is 0. The van der Waals surface area contributed by atoms with Crippen LogP contribution in [0.2, 0.25) is 0 Å². The molecule has 2 aromatic rings. The zero-order chi connectivity index (χ0) is 16.9. The second kappa shape index (κ2) is 7.69. The van der Waals surface area contributed by atoms with Crippen LogP contribution in [0.1, 0.15) is 22.7 Å². The number of nitrogens with zero attached hydrogens (tertiary/aromatic N) is 1. The summed E-state index contributed by atoms with van der Waals surface area (Å²) in [4.78, 5) is 2.53. The third-order valence-corrected chi connectivity index (χ3v) is 4.60. The maximum Gasteiger partial charge on any atom is 0.161 e. The Balaban J connectivity index is 2.03. The van der Waals surface area contributed by atoms with E-state index < -0.39 is 0 Å². The first-order valence-corrected chi connectivity index (χ1v) is 8.46. The smallest absolute Gasteiger partial charge is 0.161 e. The van der Waals surface area contributed by atoms with E-state index in [0.29, 0.717) is 0 Å². The summed E-state index contributed by atoms with van der Waals surface area (Å²) in [6, 6.07) is 15.3. The fraction of sp³-hybridized carbons (Fsp3) is 0.400. The van der Waals surface area contributed by atoms with Crippen molar-refractivity contribution in [2.75, 3.05) is 40.4 Å². The van der Waals surface area contributed by atoms with Crippen molar-refractivity contribution in [1.29, 1.82) is 0 Å². The molecule has 0 spiro atoms. The number of ether oxygens (including phenoxy) is 2. The molecule has 1 saturated heterocycles. The van der Waals surface area contributed by atoms with Crippen LogP contribution in [0.25, 0.3) is 0 Å². The van der Waals surface area contributed by atoms with Gasteiger partial charge in [0, 0.05) is 26.2 Å². The van der Waals surface area contributed by atoms with Gasteiger partial charge in [-0.3, -0.25) is 4.90 Å². The molecule has 128 valence electrons. The first-order chi connectivity index (χ1) is 11.7. The maximum absolute atomic E-state index is 5.52.